The van der Waals surface area contributed by atoms with Crippen molar-refractivity contribution < 1.29 is 19.5 Å². The first-order valence-corrected chi connectivity index (χ1v) is 7.93. The van der Waals surface area contributed by atoms with E-state index in [0.717, 1.165) is 0 Å². The first-order valence-electron chi connectivity index (χ1n) is 6.94. The van der Waals surface area contributed by atoms with E-state index in [4.69, 9.17) is 5.73 Å². The maximum atomic E-state index is 12.7. The van der Waals surface area contributed by atoms with Gasteiger partial charge in [-0.3, -0.25) is 9.59 Å². The van der Waals surface area contributed by atoms with Crippen molar-refractivity contribution in [1.29, 1.82) is 0 Å². The van der Waals surface area contributed by atoms with Gasteiger partial charge in [0.05, 0.1) is 11.3 Å². The Morgan fingerprint density at radius 1 is 1.00 bits per heavy atom. The number of aliphatic carboxylic acids is 1. The van der Waals surface area contributed by atoms with Crippen LogP contribution in [-0.4, -0.2) is 23.3 Å². The Morgan fingerprint density at radius 3 is 2.30 bits per heavy atom. The summed E-state index contributed by atoms with van der Waals surface area (Å²) in [6.45, 7) is 0. The standard InChI is InChI=1S/C17H13NO4S/c18-15-12(23-8-7-13(19)20)6-5-11-14(15)17(22)10-4-2-1-3-9(10)16(11)21/h1-6H,7-8,18H2,(H,19,20)/p-1. The molecule has 5 nitrogen and oxygen atoms in total. The van der Waals surface area contributed by atoms with E-state index in [2.05, 4.69) is 0 Å². The molecular formula is C17H12NO4S-. The summed E-state index contributed by atoms with van der Waals surface area (Å²) in [6, 6.07) is 9.85. The van der Waals surface area contributed by atoms with Crippen molar-refractivity contribution in [2.24, 2.45) is 0 Å². The van der Waals surface area contributed by atoms with Gasteiger partial charge in [-0.15, -0.1) is 11.8 Å². The number of carbonyl (C=O) groups is 3. The molecule has 2 aromatic carbocycles. The fraction of sp³-hybridized carbons (Fsp3) is 0.118. The minimum Gasteiger partial charge on any atom is -0.550 e. The summed E-state index contributed by atoms with van der Waals surface area (Å²) in [7, 11) is 0. The third-order valence-electron chi connectivity index (χ3n) is 3.66. The molecule has 0 aliphatic heterocycles. The second-order valence-electron chi connectivity index (χ2n) is 5.07. The van der Waals surface area contributed by atoms with Crippen molar-refractivity contribution in [3.8, 4) is 0 Å². The number of carbonyl (C=O) groups excluding carboxylic acids is 3. The van der Waals surface area contributed by atoms with Gasteiger partial charge in [-0.25, -0.2) is 0 Å². The van der Waals surface area contributed by atoms with Crippen LogP contribution in [-0.2, 0) is 4.79 Å². The molecule has 6 heteroatoms. The van der Waals surface area contributed by atoms with Gasteiger partial charge >= 0.3 is 0 Å². The van der Waals surface area contributed by atoms with Crippen molar-refractivity contribution >= 4 is 35.0 Å². The highest BCUT2D eigenvalue weighted by atomic mass is 32.2. The number of carboxylic acids is 1. The zero-order chi connectivity index (χ0) is 16.6. The number of nitrogen functional groups attached to an aromatic ring is 1. The van der Waals surface area contributed by atoms with E-state index in [-0.39, 0.29) is 40.6 Å². The highest BCUT2D eigenvalue weighted by Gasteiger charge is 2.31. The van der Waals surface area contributed by atoms with Crippen molar-refractivity contribution in [2.75, 3.05) is 11.5 Å². The molecule has 0 bridgehead atoms. The molecule has 0 amide bonds. The van der Waals surface area contributed by atoms with Crippen LogP contribution in [0.5, 0.6) is 0 Å². The Kier molecular flexibility index (Phi) is 3.92. The minimum absolute atomic E-state index is 0.114. The van der Waals surface area contributed by atoms with Crippen molar-refractivity contribution in [1.82, 2.24) is 0 Å². The molecule has 0 radical (unpaired) electrons. The average Bonchev–Trinajstić information content (AvgIpc) is 2.53. The molecule has 0 saturated heterocycles. The number of hydrogen-bond acceptors (Lipinski definition) is 6. The zero-order valence-corrected chi connectivity index (χ0v) is 12.8. The zero-order valence-electron chi connectivity index (χ0n) is 12.0. The number of thioether (sulfide) groups is 1. The Bertz CT molecular complexity index is 844. The summed E-state index contributed by atoms with van der Waals surface area (Å²) < 4.78 is 0. The van der Waals surface area contributed by atoms with Crippen LogP contribution in [0.15, 0.2) is 41.3 Å². The molecule has 3 rings (SSSR count). The lowest BCUT2D eigenvalue weighted by molar-refractivity contribution is -0.305. The number of anilines is 1. The molecular weight excluding hydrogens is 314 g/mol. The lowest BCUT2D eigenvalue weighted by Crippen LogP contribution is -2.23. The number of hydrogen-bond donors (Lipinski definition) is 1. The van der Waals surface area contributed by atoms with Crippen LogP contribution in [0.1, 0.15) is 38.3 Å². The molecule has 2 N–H and O–H groups in total. The predicted octanol–water partition coefficient (Wildman–Crippen LogP) is 1.28. The van der Waals surface area contributed by atoms with E-state index in [9.17, 15) is 19.5 Å². The van der Waals surface area contributed by atoms with Gasteiger partial charge in [-0.1, -0.05) is 24.3 Å². The van der Waals surface area contributed by atoms with Gasteiger partial charge < -0.3 is 15.6 Å². The van der Waals surface area contributed by atoms with Crippen LogP contribution in [0.4, 0.5) is 5.69 Å². The molecule has 0 spiro atoms. The molecule has 0 heterocycles. The number of ketones is 2. The number of rotatable bonds is 4. The lowest BCUT2D eigenvalue weighted by Gasteiger charge is -2.20. The SMILES string of the molecule is Nc1c(SCCC(=O)[O-])ccc2c1C(=O)c1ccccc1C2=O. The summed E-state index contributed by atoms with van der Waals surface area (Å²) in [6.07, 6.45) is -0.114. The molecule has 2 aromatic rings. The fourth-order valence-corrected chi connectivity index (χ4v) is 3.47. The van der Waals surface area contributed by atoms with Gasteiger partial charge in [-0.2, -0.15) is 0 Å². The monoisotopic (exact) mass is 326 g/mol. The molecule has 1 aliphatic rings. The van der Waals surface area contributed by atoms with E-state index in [0.29, 0.717) is 16.0 Å². The van der Waals surface area contributed by atoms with Gasteiger partial charge in [0.15, 0.2) is 11.6 Å². The van der Waals surface area contributed by atoms with Gasteiger partial charge in [0, 0.05) is 33.3 Å². The van der Waals surface area contributed by atoms with Gasteiger partial charge in [0.25, 0.3) is 0 Å². The quantitative estimate of drug-likeness (QED) is 0.572. The summed E-state index contributed by atoms with van der Waals surface area (Å²) in [4.78, 5) is 36.3. The third kappa shape index (κ3) is 2.61. The molecule has 0 saturated carbocycles. The van der Waals surface area contributed by atoms with Crippen LogP contribution < -0.4 is 10.8 Å². The van der Waals surface area contributed by atoms with E-state index in [1.807, 2.05) is 0 Å². The fourth-order valence-electron chi connectivity index (χ4n) is 2.56. The maximum absolute atomic E-state index is 12.7. The molecule has 0 aromatic heterocycles. The van der Waals surface area contributed by atoms with Crippen molar-refractivity contribution in [2.45, 2.75) is 11.3 Å². The Labute approximate surface area is 136 Å². The number of benzene rings is 2. The second kappa shape index (κ2) is 5.89. The van der Waals surface area contributed by atoms with Crippen LogP contribution in [0.2, 0.25) is 0 Å². The normalized spacial score (nSPS) is 12.7. The Balaban J connectivity index is 2.02. The molecule has 0 atom stereocenters. The van der Waals surface area contributed by atoms with Gasteiger partial charge in [0.1, 0.15) is 0 Å². The lowest BCUT2D eigenvalue weighted by atomic mass is 9.83. The summed E-state index contributed by atoms with van der Waals surface area (Å²) >= 11 is 1.22. The topological polar surface area (TPSA) is 100 Å². The summed E-state index contributed by atoms with van der Waals surface area (Å²) in [5, 5.41) is 10.5. The average molecular weight is 326 g/mol. The van der Waals surface area contributed by atoms with E-state index < -0.39 is 5.97 Å². The van der Waals surface area contributed by atoms with Gasteiger partial charge in [-0.05, 0) is 18.6 Å². The predicted molar refractivity (Wildman–Crippen MR) is 84.5 cm³/mol. The highest BCUT2D eigenvalue weighted by molar-refractivity contribution is 7.99. The van der Waals surface area contributed by atoms with Gasteiger partial charge in [0.2, 0.25) is 0 Å². The van der Waals surface area contributed by atoms with E-state index in [1.54, 1.807) is 36.4 Å². The van der Waals surface area contributed by atoms with E-state index >= 15 is 0 Å². The smallest absolute Gasteiger partial charge is 0.196 e. The van der Waals surface area contributed by atoms with Crippen LogP contribution in [0.25, 0.3) is 0 Å². The molecule has 116 valence electrons. The van der Waals surface area contributed by atoms with Crippen LogP contribution >= 0.6 is 11.8 Å². The van der Waals surface area contributed by atoms with Crippen LogP contribution in [0, 0.1) is 0 Å². The molecule has 1 aliphatic carbocycles. The highest BCUT2D eigenvalue weighted by Crippen LogP contribution is 2.36. The number of nitrogens with two attached hydrogens (primary N) is 1. The maximum Gasteiger partial charge on any atom is 0.196 e. The first-order chi connectivity index (χ1) is 11.0. The largest absolute Gasteiger partial charge is 0.550 e. The third-order valence-corrected chi connectivity index (χ3v) is 4.73. The Hall–Kier alpha value is -2.60. The van der Waals surface area contributed by atoms with Crippen molar-refractivity contribution in [3.63, 3.8) is 0 Å². The number of carboxylic acid groups (broad SMARTS) is 1. The summed E-state index contributed by atoms with van der Waals surface area (Å²) in [5.41, 5.74) is 7.50. The molecule has 0 fully saturated rings. The van der Waals surface area contributed by atoms with Crippen molar-refractivity contribution in [3.05, 3.63) is 58.7 Å². The Morgan fingerprint density at radius 2 is 1.65 bits per heavy atom. The summed E-state index contributed by atoms with van der Waals surface area (Å²) in [5.74, 6) is -1.37. The molecule has 0 unspecified atom stereocenters. The second-order valence-corrected chi connectivity index (χ2v) is 6.21. The first kappa shape index (κ1) is 15.3. The van der Waals surface area contributed by atoms with E-state index in [1.165, 1.54) is 11.8 Å². The number of fused-ring (bicyclic) bond motifs is 2. The molecule has 23 heavy (non-hydrogen) atoms. The minimum atomic E-state index is -1.14. The van der Waals surface area contributed by atoms with Crippen LogP contribution in [0.3, 0.4) is 0 Å².